The molecule has 0 aliphatic carbocycles. The van der Waals surface area contributed by atoms with Gasteiger partial charge in [-0.3, -0.25) is 14.1 Å². The molecule has 0 saturated carbocycles. The van der Waals surface area contributed by atoms with Crippen LogP contribution in [0.1, 0.15) is 5.56 Å². The molecule has 0 unspecified atom stereocenters. The predicted molar refractivity (Wildman–Crippen MR) is 215 cm³/mol. The molecule has 0 spiro atoms. The van der Waals surface area contributed by atoms with Crippen LogP contribution in [-0.2, 0) is 0 Å². The van der Waals surface area contributed by atoms with Crippen LogP contribution in [0.15, 0.2) is 187 Å². The highest BCUT2D eigenvalue weighted by molar-refractivity contribution is 5.92. The second-order valence-electron chi connectivity index (χ2n) is 12.7. The van der Waals surface area contributed by atoms with Gasteiger partial charge in [-0.15, -0.1) is 0 Å². The minimum Gasteiger partial charge on any atom is -0.344 e. The van der Waals surface area contributed by atoms with Gasteiger partial charge in [0.15, 0.2) is 0 Å². The summed E-state index contributed by atoms with van der Waals surface area (Å²) in [7, 11) is 2.09. The minimum absolute atomic E-state index is 0.794. The first-order chi connectivity index (χ1) is 25.7. The topological polar surface area (TPSA) is 51.2 Å². The molecule has 0 aliphatic rings. The van der Waals surface area contributed by atoms with Crippen molar-refractivity contribution in [2.24, 2.45) is 4.99 Å². The van der Waals surface area contributed by atoms with Gasteiger partial charge in [0, 0.05) is 52.7 Å². The molecule has 6 heteroatoms. The van der Waals surface area contributed by atoms with Gasteiger partial charge in [0.2, 0.25) is 0 Å². The standard InChI is InChI=1S/C46H34N6/c1-50(37-18-5-2-6-19-37)42-26-14-11-17-33(42)32-47-36-30-34(45-48-40-24-12-15-27-43(40)51(45)38-20-7-3-8-21-38)29-35(31-36)46-49-41-25-13-16-28-44(41)52(46)39-22-9-4-10-23-39/h2-32H,1H3/b47-32+. The van der Waals surface area contributed by atoms with E-state index in [-0.39, 0.29) is 0 Å². The van der Waals surface area contributed by atoms with Crippen LogP contribution in [0.25, 0.3) is 56.2 Å². The van der Waals surface area contributed by atoms with Crippen molar-refractivity contribution in [2.75, 3.05) is 11.9 Å². The Labute approximate surface area is 302 Å². The molecule has 0 radical (unpaired) electrons. The largest absolute Gasteiger partial charge is 0.344 e. The van der Waals surface area contributed by atoms with Crippen LogP contribution in [-0.4, -0.2) is 32.4 Å². The van der Waals surface area contributed by atoms with Gasteiger partial charge in [-0.1, -0.05) is 97.1 Å². The fourth-order valence-electron chi connectivity index (χ4n) is 6.90. The quantitative estimate of drug-likeness (QED) is 0.151. The second-order valence-corrected chi connectivity index (χ2v) is 12.7. The molecule has 0 N–H and O–H groups in total. The number of fused-ring (bicyclic) bond motifs is 2. The first-order valence-electron chi connectivity index (χ1n) is 17.3. The van der Waals surface area contributed by atoms with E-state index >= 15 is 0 Å². The molecular formula is C46H34N6. The Kier molecular flexibility index (Phi) is 7.95. The zero-order chi connectivity index (χ0) is 34.9. The molecular weight excluding hydrogens is 637 g/mol. The molecule has 0 fully saturated rings. The van der Waals surface area contributed by atoms with Gasteiger partial charge in [0.05, 0.1) is 27.8 Å². The zero-order valence-electron chi connectivity index (χ0n) is 28.6. The summed E-state index contributed by atoms with van der Waals surface area (Å²) in [5.41, 5.74) is 11.8. The van der Waals surface area contributed by atoms with Crippen LogP contribution in [0.5, 0.6) is 0 Å². The van der Waals surface area contributed by atoms with Crippen LogP contribution in [0.2, 0.25) is 0 Å². The Bertz CT molecular complexity index is 2560. The van der Waals surface area contributed by atoms with Crippen molar-refractivity contribution < 1.29 is 0 Å². The molecule has 6 nitrogen and oxygen atoms in total. The second kappa shape index (κ2) is 13.3. The van der Waals surface area contributed by atoms with Crippen molar-refractivity contribution in [3.8, 4) is 34.2 Å². The number of imidazole rings is 2. The molecule has 0 aliphatic heterocycles. The maximum Gasteiger partial charge on any atom is 0.145 e. The third-order valence-corrected chi connectivity index (χ3v) is 9.38. The van der Waals surface area contributed by atoms with E-state index in [0.29, 0.717) is 0 Å². The molecule has 248 valence electrons. The summed E-state index contributed by atoms with van der Waals surface area (Å²) in [5.74, 6) is 1.66. The van der Waals surface area contributed by atoms with E-state index in [1.165, 1.54) is 0 Å². The Morgan fingerprint density at radius 2 is 0.962 bits per heavy atom. The summed E-state index contributed by atoms with van der Waals surface area (Å²) < 4.78 is 4.46. The van der Waals surface area contributed by atoms with Gasteiger partial charge < -0.3 is 4.90 Å². The third-order valence-electron chi connectivity index (χ3n) is 9.38. The maximum atomic E-state index is 5.22. The van der Waals surface area contributed by atoms with Crippen LogP contribution in [0.3, 0.4) is 0 Å². The smallest absolute Gasteiger partial charge is 0.145 e. The lowest BCUT2D eigenvalue weighted by Crippen LogP contribution is -2.11. The van der Waals surface area contributed by atoms with Crippen molar-refractivity contribution in [1.29, 1.82) is 0 Å². The molecule has 0 amide bonds. The highest BCUT2D eigenvalue weighted by Crippen LogP contribution is 2.37. The maximum absolute atomic E-state index is 5.22. The van der Waals surface area contributed by atoms with Gasteiger partial charge in [0.25, 0.3) is 0 Å². The number of hydrogen-bond acceptors (Lipinski definition) is 4. The summed E-state index contributed by atoms with van der Waals surface area (Å²) in [4.78, 5) is 17.8. The minimum atomic E-state index is 0.794. The average molecular weight is 671 g/mol. The van der Waals surface area contributed by atoms with Gasteiger partial charge >= 0.3 is 0 Å². The molecule has 7 aromatic carbocycles. The van der Waals surface area contributed by atoms with Gasteiger partial charge in [-0.05, 0) is 84.9 Å². The van der Waals surface area contributed by atoms with Crippen molar-refractivity contribution in [3.05, 3.63) is 188 Å². The molecule has 52 heavy (non-hydrogen) atoms. The summed E-state index contributed by atoms with van der Waals surface area (Å²) in [6.07, 6.45) is 1.96. The summed E-state index contributed by atoms with van der Waals surface area (Å²) >= 11 is 0. The molecule has 0 saturated heterocycles. The molecule has 9 aromatic rings. The Morgan fingerprint density at radius 3 is 1.52 bits per heavy atom. The van der Waals surface area contributed by atoms with Gasteiger partial charge in [-0.25, -0.2) is 9.97 Å². The lowest BCUT2D eigenvalue weighted by molar-refractivity contribution is 1.09. The van der Waals surface area contributed by atoms with Crippen LogP contribution in [0.4, 0.5) is 17.1 Å². The molecule has 0 atom stereocenters. The van der Waals surface area contributed by atoms with Crippen molar-refractivity contribution in [2.45, 2.75) is 0 Å². The average Bonchev–Trinajstić information content (AvgIpc) is 3.81. The van der Waals surface area contributed by atoms with Gasteiger partial charge in [0.1, 0.15) is 11.6 Å². The van der Waals surface area contributed by atoms with E-state index in [9.17, 15) is 0 Å². The molecule has 2 aromatic heterocycles. The number of aromatic nitrogens is 4. The Morgan fingerprint density at radius 1 is 0.500 bits per heavy atom. The first-order valence-corrected chi connectivity index (χ1v) is 17.3. The van der Waals surface area contributed by atoms with E-state index in [4.69, 9.17) is 15.0 Å². The van der Waals surface area contributed by atoms with Crippen molar-refractivity contribution >= 4 is 45.3 Å². The van der Waals surface area contributed by atoms with Crippen LogP contribution in [0, 0.1) is 0 Å². The summed E-state index contributed by atoms with van der Waals surface area (Å²) in [5, 5.41) is 0. The summed E-state index contributed by atoms with van der Waals surface area (Å²) in [6.45, 7) is 0. The molecule has 9 rings (SSSR count). The number of para-hydroxylation sites is 8. The highest BCUT2D eigenvalue weighted by Gasteiger charge is 2.19. The zero-order valence-corrected chi connectivity index (χ0v) is 28.6. The molecule has 0 bridgehead atoms. The van der Waals surface area contributed by atoms with E-state index in [2.05, 4.69) is 173 Å². The lowest BCUT2D eigenvalue weighted by Gasteiger charge is -2.21. The Hall–Kier alpha value is -7.05. The fraction of sp³-hybridized carbons (Fsp3) is 0.0217. The Balaban J connectivity index is 1.26. The fourth-order valence-corrected chi connectivity index (χ4v) is 6.90. The van der Waals surface area contributed by atoms with Crippen LogP contribution < -0.4 is 4.90 Å². The van der Waals surface area contributed by atoms with Crippen molar-refractivity contribution in [1.82, 2.24) is 19.1 Å². The first kappa shape index (κ1) is 31.0. The SMILES string of the molecule is CN(c1ccccc1)c1ccccc1/C=N/c1cc(-c2nc3ccccc3n2-c2ccccc2)cc(-c2nc3ccccc3n2-c2ccccc2)c1. The number of anilines is 2. The normalized spacial score (nSPS) is 11.5. The van der Waals surface area contributed by atoms with E-state index in [0.717, 1.165) is 78.8 Å². The number of aliphatic imine (C=N–C) groups is 1. The number of benzene rings is 7. The highest BCUT2D eigenvalue weighted by atomic mass is 15.1. The monoisotopic (exact) mass is 670 g/mol. The number of rotatable bonds is 8. The lowest BCUT2D eigenvalue weighted by atomic mass is 10.1. The van der Waals surface area contributed by atoms with E-state index < -0.39 is 0 Å². The van der Waals surface area contributed by atoms with E-state index in [1.54, 1.807) is 0 Å². The summed E-state index contributed by atoms with van der Waals surface area (Å²) in [6, 6.07) is 62.5. The third kappa shape index (κ3) is 5.72. The number of nitrogens with zero attached hydrogens (tertiary/aromatic N) is 6. The van der Waals surface area contributed by atoms with Crippen molar-refractivity contribution in [3.63, 3.8) is 0 Å². The van der Waals surface area contributed by atoms with Crippen LogP contribution >= 0.6 is 0 Å². The van der Waals surface area contributed by atoms with Gasteiger partial charge in [-0.2, -0.15) is 0 Å². The number of hydrogen-bond donors (Lipinski definition) is 0. The molecule has 2 heterocycles. The van der Waals surface area contributed by atoms with E-state index in [1.807, 2.05) is 36.5 Å². The predicted octanol–water partition coefficient (Wildman–Crippen LogP) is 11.2.